The van der Waals surface area contributed by atoms with Crippen molar-refractivity contribution in [2.45, 2.75) is 25.2 Å². The van der Waals surface area contributed by atoms with Gasteiger partial charge in [0.2, 0.25) is 11.7 Å². The van der Waals surface area contributed by atoms with Crippen LogP contribution in [0.4, 0.5) is 0 Å². The largest absolute Gasteiger partial charge is 0.426 e. The first-order chi connectivity index (χ1) is 11.7. The number of benzene rings is 2. The minimum Gasteiger partial charge on any atom is -0.426 e. The zero-order valence-corrected chi connectivity index (χ0v) is 13.2. The molecular weight excluding hydrogens is 304 g/mol. The van der Waals surface area contributed by atoms with E-state index in [1.807, 2.05) is 42.5 Å². The van der Waals surface area contributed by atoms with Gasteiger partial charge in [0.05, 0.1) is 5.41 Å². The Balaban J connectivity index is 1.50. The lowest BCUT2D eigenvalue weighted by Crippen LogP contribution is -2.25. The highest BCUT2D eigenvalue weighted by molar-refractivity contribution is 5.88. The first kappa shape index (κ1) is 14.6. The molecule has 0 N–H and O–H groups in total. The summed E-state index contributed by atoms with van der Waals surface area (Å²) >= 11 is 0. The summed E-state index contributed by atoms with van der Waals surface area (Å²) in [5.41, 5.74) is 1.36. The molecule has 1 saturated carbocycles. The molecule has 0 amide bonds. The summed E-state index contributed by atoms with van der Waals surface area (Å²) < 4.78 is 10.6. The monoisotopic (exact) mass is 320 g/mol. The summed E-state index contributed by atoms with van der Waals surface area (Å²) in [6.07, 6.45) is 1.66. The molecule has 5 nitrogen and oxygen atoms in total. The molecule has 0 bridgehead atoms. The van der Waals surface area contributed by atoms with Gasteiger partial charge in [-0.15, -0.1) is 0 Å². The third-order valence-corrected chi connectivity index (χ3v) is 4.32. The molecule has 3 aromatic rings. The number of hydrogen-bond acceptors (Lipinski definition) is 5. The van der Waals surface area contributed by atoms with Crippen molar-refractivity contribution in [2.24, 2.45) is 0 Å². The first-order valence-corrected chi connectivity index (χ1v) is 7.86. The van der Waals surface area contributed by atoms with E-state index in [0.29, 0.717) is 17.5 Å². The minimum atomic E-state index is -0.481. The summed E-state index contributed by atoms with van der Waals surface area (Å²) in [6, 6.07) is 16.9. The Labute approximate surface area is 139 Å². The molecule has 0 spiro atoms. The van der Waals surface area contributed by atoms with Gasteiger partial charge in [-0.1, -0.05) is 35.5 Å². The number of carbonyl (C=O) groups excluding carboxylic acids is 1. The van der Waals surface area contributed by atoms with Gasteiger partial charge in [-0.2, -0.15) is 4.98 Å². The zero-order chi connectivity index (χ0) is 16.6. The van der Waals surface area contributed by atoms with Gasteiger partial charge in [0, 0.05) is 12.5 Å². The minimum absolute atomic E-state index is 0.197. The predicted octanol–water partition coefficient (Wildman–Crippen LogP) is 3.68. The smallest absolute Gasteiger partial charge is 0.321 e. The number of aromatic nitrogens is 2. The zero-order valence-electron chi connectivity index (χ0n) is 13.2. The fourth-order valence-corrected chi connectivity index (χ4v) is 2.79. The summed E-state index contributed by atoms with van der Waals surface area (Å²) in [7, 11) is 0. The summed E-state index contributed by atoms with van der Waals surface area (Å²) in [5.74, 6) is 1.36. The lowest BCUT2D eigenvalue weighted by Gasteiger charge is -2.14. The molecule has 0 radical (unpaired) electrons. The molecule has 24 heavy (non-hydrogen) atoms. The third kappa shape index (κ3) is 2.58. The Kier molecular flexibility index (Phi) is 3.41. The number of aryl methyl sites for hydroxylation is 1. The summed E-state index contributed by atoms with van der Waals surface area (Å²) in [5, 5.41) is 3.87. The Bertz CT molecular complexity index is 865. The number of esters is 1. The Morgan fingerprint density at radius 1 is 1.08 bits per heavy atom. The van der Waals surface area contributed by atoms with Crippen LogP contribution in [0, 0.1) is 6.92 Å². The lowest BCUT2D eigenvalue weighted by atomic mass is 9.96. The van der Waals surface area contributed by atoms with Gasteiger partial charge in [-0.25, -0.2) is 0 Å². The van der Waals surface area contributed by atoms with Crippen molar-refractivity contribution in [1.82, 2.24) is 10.1 Å². The molecule has 1 aliphatic carbocycles. The van der Waals surface area contributed by atoms with Gasteiger partial charge < -0.3 is 9.26 Å². The molecule has 1 aliphatic rings. The maximum Gasteiger partial charge on any atom is 0.321 e. The van der Waals surface area contributed by atoms with E-state index in [9.17, 15) is 4.79 Å². The number of nitrogens with zero attached hydrogens (tertiary/aromatic N) is 2. The maximum absolute atomic E-state index is 12.6. The Morgan fingerprint density at radius 3 is 2.38 bits per heavy atom. The molecule has 1 fully saturated rings. The normalized spacial score (nSPS) is 15.0. The van der Waals surface area contributed by atoms with Crippen LogP contribution < -0.4 is 4.74 Å². The molecule has 0 aliphatic heterocycles. The van der Waals surface area contributed by atoms with Gasteiger partial charge in [0.1, 0.15) is 5.75 Å². The standard InChI is InChI=1S/C19H16N2O3/c1-13-20-17(21-24-13)14-7-9-16(10-8-14)23-18(22)19(11-12-19)15-5-3-2-4-6-15/h2-10H,11-12H2,1H3. The van der Waals surface area contributed by atoms with Crippen LogP contribution >= 0.6 is 0 Å². The van der Waals surface area contributed by atoms with Crippen LogP contribution in [-0.2, 0) is 10.2 Å². The molecule has 5 heteroatoms. The van der Waals surface area contributed by atoms with Crippen molar-refractivity contribution in [3.05, 3.63) is 66.1 Å². The van der Waals surface area contributed by atoms with E-state index in [4.69, 9.17) is 9.26 Å². The molecular formula is C19H16N2O3. The Morgan fingerprint density at radius 2 is 1.79 bits per heavy atom. The van der Waals surface area contributed by atoms with Gasteiger partial charge in [-0.3, -0.25) is 4.79 Å². The third-order valence-electron chi connectivity index (χ3n) is 4.32. The first-order valence-electron chi connectivity index (χ1n) is 7.86. The second-order valence-electron chi connectivity index (χ2n) is 6.00. The molecule has 0 unspecified atom stereocenters. The molecule has 4 rings (SSSR count). The summed E-state index contributed by atoms with van der Waals surface area (Å²) in [6.45, 7) is 1.74. The second kappa shape index (κ2) is 5.60. The highest BCUT2D eigenvalue weighted by Gasteiger charge is 2.52. The second-order valence-corrected chi connectivity index (χ2v) is 6.00. The van der Waals surface area contributed by atoms with Crippen molar-refractivity contribution < 1.29 is 14.1 Å². The molecule has 1 heterocycles. The van der Waals surface area contributed by atoms with Gasteiger partial charge in [0.15, 0.2) is 0 Å². The van der Waals surface area contributed by atoms with E-state index >= 15 is 0 Å². The van der Waals surface area contributed by atoms with Crippen LogP contribution in [0.15, 0.2) is 59.1 Å². The molecule has 120 valence electrons. The Hall–Kier alpha value is -2.95. The van der Waals surface area contributed by atoms with Crippen molar-refractivity contribution in [2.75, 3.05) is 0 Å². The fourth-order valence-electron chi connectivity index (χ4n) is 2.79. The van der Waals surface area contributed by atoms with Crippen LogP contribution in [0.2, 0.25) is 0 Å². The van der Waals surface area contributed by atoms with Crippen molar-refractivity contribution in [3.8, 4) is 17.1 Å². The van der Waals surface area contributed by atoms with Crippen LogP contribution in [0.1, 0.15) is 24.3 Å². The SMILES string of the molecule is Cc1nc(-c2ccc(OC(=O)C3(c4ccccc4)CC3)cc2)no1. The quantitative estimate of drug-likeness (QED) is 0.542. The average molecular weight is 320 g/mol. The highest BCUT2D eigenvalue weighted by Crippen LogP contribution is 2.49. The average Bonchev–Trinajstić information content (AvgIpc) is 3.32. The van der Waals surface area contributed by atoms with E-state index < -0.39 is 5.41 Å². The predicted molar refractivity (Wildman–Crippen MR) is 87.5 cm³/mol. The van der Waals surface area contributed by atoms with Gasteiger partial charge >= 0.3 is 5.97 Å². The topological polar surface area (TPSA) is 65.2 Å². The van der Waals surface area contributed by atoms with Crippen LogP contribution in [-0.4, -0.2) is 16.1 Å². The van der Waals surface area contributed by atoms with Crippen molar-refractivity contribution >= 4 is 5.97 Å². The van der Waals surface area contributed by atoms with Crippen LogP contribution in [0.3, 0.4) is 0 Å². The van der Waals surface area contributed by atoms with E-state index in [-0.39, 0.29) is 5.97 Å². The highest BCUT2D eigenvalue weighted by atomic mass is 16.5. The molecule has 1 aromatic heterocycles. The van der Waals surface area contributed by atoms with Gasteiger partial charge in [-0.05, 0) is 42.7 Å². The molecule has 0 saturated heterocycles. The number of ether oxygens (including phenoxy) is 1. The number of hydrogen-bond donors (Lipinski definition) is 0. The van der Waals surface area contributed by atoms with Crippen LogP contribution in [0.5, 0.6) is 5.75 Å². The fraction of sp³-hybridized carbons (Fsp3) is 0.211. The van der Waals surface area contributed by atoms with E-state index in [0.717, 1.165) is 24.0 Å². The lowest BCUT2D eigenvalue weighted by molar-refractivity contribution is -0.137. The number of carbonyl (C=O) groups is 1. The molecule has 0 atom stereocenters. The van der Waals surface area contributed by atoms with E-state index in [2.05, 4.69) is 10.1 Å². The van der Waals surface area contributed by atoms with Crippen molar-refractivity contribution in [3.63, 3.8) is 0 Å². The van der Waals surface area contributed by atoms with Gasteiger partial charge in [0.25, 0.3) is 0 Å². The van der Waals surface area contributed by atoms with E-state index in [1.165, 1.54) is 0 Å². The van der Waals surface area contributed by atoms with Crippen molar-refractivity contribution in [1.29, 1.82) is 0 Å². The maximum atomic E-state index is 12.6. The number of rotatable bonds is 4. The van der Waals surface area contributed by atoms with E-state index in [1.54, 1.807) is 19.1 Å². The summed E-state index contributed by atoms with van der Waals surface area (Å²) in [4.78, 5) is 16.8. The van der Waals surface area contributed by atoms with Crippen LogP contribution in [0.25, 0.3) is 11.4 Å². The molecule has 2 aromatic carbocycles.